The summed E-state index contributed by atoms with van der Waals surface area (Å²) in [6, 6.07) is 16.0. The number of rotatable bonds is 10. The van der Waals surface area contributed by atoms with Crippen molar-refractivity contribution in [1.82, 2.24) is 20.2 Å². The third kappa shape index (κ3) is 8.43. The first kappa shape index (κ1) is 34.9. The summed E-state index contributed by atoms with van der Waals surface area (Å²) in [6.45, 7) is 3.46. The number of hydrogen-bond donors (Lipinski definition) is 3. The van der Waals surface area contributed by atoms with Gasteiger partial charge in [0.25, 0.3) is 0 Å². The number of anilines is 4. The summed E-state index contributed by atoms with van der Waals surface area (Å²) in [5.41, 5.74) is 2.45. The normalized spacial score (nSPS) is 19.1. The Bertz CT molecular complexity index is 1610. The van der Waals surface area contributed by atoms with Crippen LogP contribution in [0.3, 0.4) is 0 Å². The zero-order valence-electron chi connectivity index (χ0n) is 28.6. The van der Waals surface area contributed by atoms with Crippen LogP contribution in [0, 0.1) is 11.7 Å². The van der Waals surface area contributed by atoms with E-state index in [2.05, 4.69) is 37.6 Å². The summed E-state index contributed by atoms with van der Waals surface area (Å²) >= 11 is 0. The third-order valence-electron chi connectivity index (χ3n) is 10.2. The second-order valence-corrected chi connectivity index (χ2v) is 13.6. The molecule has 0 spiro atoms. The first-order valence-electron chi connectivity index (χ1n) is 17.7. The standard InChI is InChI=1S/C37H47FN8O4/c1-43(29-10-4-2-5-11-29)33-32(38)34(40-25-39-33)46-18-8-9-27(24-46)35(47)42-31(36(48)49)23-26-14-16-28(17-15-26)41-37(50)45-21-19-44(20-22-45)30-12-6-3-7-13-30/h3,6-7,12-17,25,27,29,31H,2,4-5,8-11,18-24H2,1H3,(H,41,50)(H,42,47)(H,48,49)/t27?,31-/m0/s1. The van der Waals surface area contributed by atoms with E-state index in [0.29, 0.717) is 43.7 Å². The molecule has 0 bridgehead atoms. The lowest BCUT2D eigenvalue weighted by molar-refractivity contribution is -0.142. The van der Waals surface area contributed by atoms with Gasteiger partial charge in [-0.15, -0.1) is 0 Å². The molecule has 2 aromatic carbocycles. The Morgan fingerprint density at radius 2 is 1.62 bits per heavy atom. The number of hydrogen-bond acceptors (Lipinski definition) is 8. The van der Waals surface area contributed by atoms with E-state index in [0.717, 1.165) is 44.5 Å². The molecule has 6 rings (SSSR count). The quantitative estimate of drug-likeness (QED) is 0.276. The number of nitrogens with zero attached hydrogens (tertiary/aromatic N) is 6. The summed E-state index contributed by atoms with van der Waals surface area (Å²) in [4.78, 5) is 54.8. The van der Waals surface area contributed by atoms with Gasteiger partial charge in [-0.2, -0.15) is 4.39 Å². The molecule has 3 aliphatic rings. The Morgan fingerprint density at radius 3 is 2.32 bits per heavy atom. The maximum atomic E-state index is 15.8. The molecule has 3 aromatic rings. The van der Waals surface area contributed by atoms with Crippen LogP contribution in [0.4, 0.5) is 32.2 Å². The first-order valence-corrected chi connectivity index (χ1v) is 17.7. The number of carbonyl (C=O) groups excluding carboxylic acids is 2. The molecule has 3 fully saturated rings. The van der Waals surface area contributed by atoms with Gasteiger partial charge in [0.2, 0.25) is 11.7 Å². The molecule has 12 nitrogen and oxygen atoms in total. The van der Waals surface area contributed by atoms with Gasteiger partial charge in [-0.05, 0) is 55.5 Å². The Kier molecular flexibility index (Phi) is 11.3. The average Bonchev–Trinajstić information content (AvgIpc) is 3.16. The summed E-state index contributed by atoms with van der Waals surface area (Å²) in [5.74, 6) is -2.09. The number of urea groups is 1. The van der Waals surface area contributed by atoms with Crippen LogP contribution in [0.1, 0.15) is 50.5 Å². The van der Waals surface area contributed by atoms with E-state index in [1.165, 1.54) is 12.7 Å². The van der Waals surface area contributed by atoms with Crippen LogP contribution < -0.4 is 25.3 Å². The van der Waals surface area contributed by atoms with Gasteiger partial charge in [-0.1, -0.05) is 49.6 Å². The first-order chi connectivity index (χ1) is 24.3. The maximum absolute atomic E-state index is 15.8. The number of benzene rings is 2. The number of piperazine rings is 1. The molecule has 2 aliphatic heterocycles. The molecule has 3 amide bonds. The lowest BCUT2D eigenvalue weighted by Crippen LogP contribution is -2.50. The fourth-order valence-electron chi connectivity index (χ4n) is 7.30. The van der Waals surface area contributed by atoms with Crippen molar-refractivity contribution >= 4 is 40.9 Å². The number of amides is 3. The second kappa shape index (κ2) is 16.2. The van der Waals surface area contributed by atoms with Crippen LogP contribution in [0.15, 0.2) is 60.9 Å². The molecule has 3 heterocycles. The Labute approximate surface area is 292 Å². The van der Waals surface area contributed by atoms with Crippen molar-refractivity contribution in [2.75, 3.05) is 66.3 Å². The lowest BCUT2D eigenvalue weighted by atomic mass is 9.94. The molecule has 2 atom stereocenters. The van der Waals surface area contributed by atoms with Crippen LogP contribution in [0.5, 0.6) is 0 Å². The van der Waals surface area contributed by atoms with Crippen LogP contribution in [-0.4, -0.2) is 96.3 Å². The highest BCUT2D eigenvalue weighted by Crippen LogP contribution is 2.31. The van der Waals surface area contributed by atoms with Gasteiger partial charge in [0.15, 0.2) is 11.6 Å². The van der Waals surface area contributed by atoms with E-state index in [-0.39, 0.29) is 42.6 Å². The average molecular weight is 687 g/mol. The topological polar surface area (TPSA) is 134 Å². The Hall–Kier alpha value is -4.94. The maximum Gasteiger partial charge on any atom is 0.326 e. The molecular formula is C37H47FN8O4. The van der Waals surface area contributed by atoms with Crippen molar-refractivity contribution < 1.29 is 23.9 Å². The molecular weight excluding hydrogens is 639 g/mol. The van der Waals surface area contributed by atoms with E-state index in [1.54, 1.807) is 34.1 Å². The largest absolute Gasteiger partial charge is 0.480 e. The van der Waals surface area contributed by atoms with E-state index >= 15 is 4.39 Å². The molecule has 50 heavy (non-hydrogen) atoms. The molecule has 13 heteroatoms. The number of carboxylic acid groups (broad SMARTS) is 1. The monoisotopic (exact) mass is 686 g/mol. The minimum absolute atomic E-state index is 0.0740. The van der Waals surface area contributed by atoms with Gasteiger partial charge >= 0.3 is 12.0 Å². The van der Waals surface area contributed by atoms with Crippen LogP contribution in [0.25, 0.3) is 0 Å². The lowest BCUT2D eigenvalue weighted by Gasteiger charge is -2.36. The minimum atomic E-state index is -1.15. The number of para-hydroxylation sites is 1. The predicted molar refractivity (Wildman–Crippen MR) is 191 cm³/mol. The number of carboxylic acids is 1. The van der Waals surface area contributed by atoms with E-state index < -0.39 is 23.7 Å². The zero-order chi connectivity index (χ0) is 35.0. The fourth-order valence-corrected chi connectivity index (χ4v) is 7.30. The minimum Gasteiger partial charge on any atom is -0.480 e. The molecule has 1 aromatic heterocycles. The summed E-state index contributed by atoms with van der Waals surface area (Å²) in [7, 11) is 1.88. The van der Waals surface area contributed by atoms with Crippen molar-refractivity contribution in [3.8, 4) is 0 Å². The van der Waals surface area contributed by atoms with Gasteiger partial charge in [-0.3, -0.25) is 4.79 Å². The molecule has 1 aliphatic carbocycles. The summed E-state index contributed by atoms with van der Waals surface area (Å²) in [6.07, 6.45) is 8.09. The van der Waals surface area contributed by atoms with Crippen LogP contribution in [0.2, 0.25) is 0 Å². The molecule has 1 saturated carbocycles. The molecule has 1 unspecified atom stereocenters. The highest BCUT2D eigenvalue weighted by atomic mass is 19.1. The van der Waals surface area contributed by atoms with Crippen molar-refractivity contribution in [1.29, 1.82) is 0 Å². The second-order valence-electron chi connectivity index (χ2n) is 13.6. The molecule has 0 radical (unpaired) electrons. The number of carbonyl (C=O) groups is 3. The fraction of sp³-hybridized carbons (Fsp3) is 0.486. The summed E-state index contributed by atoms with van der Waals surface area (Å²) in [5, 5.41) is 15.6. The van der Waals surface area contributed by atoms with E-state index in [1.807, 2.05) is 30.1 Å². The van der Waals surface area contributed by atoms with Gasteiger partial charge in [0.05, 0.1) is 5.92 Å². The van der Waals surface area contributed by atoms with Gasteiger partial charge in [0, 0.05) is 70.2 Å². The molecule has 2 saturated heterocycles. The third-order valence-corrected chi connectivity index (χ3v) is 10.2. The van der Waals surface area contributed by atoms with Crippen LogP contribution in [-0.2, 0) is 16.0 Å². The highest BCUT2D eigenvalue weighted by Gasteiger charge is 2.32. The van der Waals surface area contributed by atoms with E-state index in [4.69, 9.17) is 0 Å². The van der Waals surface area contributed by atoms with Crippen molar-refractivity contribution in [3.63, 3.8) is 0 Å². The van der Waals surface area contributed by atoms with Gasteiger partial charge in [-0.25, -0.2) is 19.6 Å². The number of aromatic nitrogens is 2. The zero-order valence-corrected chi connectivity index (χ0v) is 28.6. The van der Waals surface area contributed by atoms with Crippen LogP contribution >= 0.6 is 0 Å². The van der Waals surface area contributed by atoms with Gasteiger partial charge < -0.3 is 35.3 Å². The molecule has 3 N–H and O–H groups in total. The van der Waals surface area contributed by atoms with Crippen molar-refractivity contribution in [2.24, 2.45) is 5.92 Å². The predicted octanol–water partition coefficient (Wildman–Crippen LogP) is 4.77. The smallest absolute Gasteiger partial charge is 0.326 e. The number of nitrogens with one attached hydrogen (secondary N) is 2. The van der Waals surface area contributed by atoms with Crippen molar-refractivity contribution in [2.45, 2.75) is 63.5 Å². The highest BCUT2D eigenvalue weighted by molar-refractivity contribution is 5.89. The Balaban J connectivity index is 1.01. The SMILES string of the molecule is CN(c1ncnc(N2CCCC(C(=O)N[C@@H](Cc3ccc(NC(=O)N4CCN(c5ccccc5)CC4)cc3)C(=O)O)C2)c1F)C1CCCCC1. The number of piperidine rings is 1. The van der Waals surface area contributed by atoms with Crippen molar-refractivity contribution in [3.05, 3.63) is 72.3 Å². The summed E-state index contributed by atoms with van der Waals surface area (Å²) < 4.78 is 15.8. The number of aliphatic carboxylic acids is 1. The van der Waals surface area contributed by atoms with Gasteiger partial charge in [0.1, 0.15) is 12.4 Å². The van der Waals surface area contributed by atoms with E-state index in [9.17, 15) is 19.5 Å². The Morgan fingerprint density at radius 1 is 0.900 bits per heavy atom. The number of halogens is 1. The molecule has 266 valence electrons.